The number of benzene rings is 1. The topological polar surface area (TPSA) is 44.5 Å². The second kappa shape index (κ2) is 6.86. The molecule has 1 unspecified atom stereocenters. The Balaban J connectivity index is 3.07. The first kappa shape index (κ1) is 15.1. The zero-order chi connectivity index (χ0) is 13.7. The van der Waals surface area contributed by atoms with Crippen molar-refractivity contribution in [2.75, 3.05) is 13.7 Å². The summed E-state index contributed by atoms with van der Waals surface area (Å²) < 4.78 is 11.2. The molecule has 1 rings (SSSR count). The smallest absolute Gasteiger partial charge is 0.164 e. The third kappa shape index (κ3) is 4.39. The Bertz CT molecular complexity index is 392. The molecular formula is C14H22ClNO2. The number of halogens is 1. The molecule has 0 saturated carbocycles. The molecule has 18 heavy (non-hydrogen) atoms. The number of rotatable bonds is 6. The van der Waals surface area contributed by atoms with Gasteiger partial charge in [-0.2, -0.15) is 0 Å². The van der Waals surface area contributed by atoms with E-state index < -0.39 is 0 Å². The van der Waals surface area contributed by atoms with Crippen molar-refractivity contribution in [3.8, 4) is 11.5 Å². The quantitative estimate of drug-likeness (QED) is 0.864. The van der Waals surface area contributed by atoms with Crippen molar-refractivity contribution in [1.29, 1.82) is 0 Å². The van der Waals surface area contributed by atoms with Gasteiger partial charge >= 0.3 is 0 Å². The van der Waals surface area contributed by atoms with E-state index in [9.17, 15) is 0 Å². The molecule has 0 aliphatic carbocycles. The van der Waals surface area contributed by atoms with Crippen molar-refractivity contribution in [3.05, 3.63) is 22.7 Å². The van der Waals surface area contributed by atoms with Crippen molar-refractivity contribution in [3.63, 3.8) is 0 Å². The average molecular weight is 272 g/mol. The van der Waals surface area contributed by atoms with E-state index in [1.165, 1.54) is 0 Å². The molecule has 0 amide bonds. The maximum atomic E-state index is 6.07. The van der Waals surface area contributed by atoms with Gasteiger partial charge in [-0.15, -0.1) is 0 Å². The summed E-state index contributed by atoms with van der Waals surface area (Å²) in [6, 6.07) is 3.71. The van der Waals surface area contributed by atoms with Crippen LogP contribution in [0, 0.1) is 5.92 Å². The van der Waals surface area contributed by atoms with Crippen LogP contribution in [0.15, 0.2) is 12.1 Å². The van der Waals surface area contributed by atoms with E-state index in [2.05, 4.69) is 13.8 Å². The molecule has 0 aliphatic heterocycles. The van der Waals surface area contributed by atoms with Crippen LogP contribution in [0.4, 0.5) is 0 Å². The minimum atomic E-state index is 0.0505. The maximum Gasteiger partial charge on any atom is 0.164 e. The van der Waals surface area contributed by atoms with Gasteiger partial charge in [0.05, 0.1) is 13.7 Å². The summed E-state index contributed by atoms with van der Waals surface area (Å²) >= 11 is 6.07. The summed E-state index contributed by atoms with van der Waals surface area (Å²) in [6.45, 7) is 6.81. The Labute approximate surface area is 114 Å². The van der Waals surface area contributed by atoms with Gasteiger partial charge in [-0.05, 0) is 25.3 Å². The molecule has 0 saturated heterocycles. The molecule has 3 nitrogen and oxygen atoms in total. The van der Waals surface area contributed by atoms with Crippen LogP contribution < -0.4 is 15.2 Å². The Morgan fingerprint density at radius 1 is 1.28 bits per heavy atom. The predicted octanol–water partition coefficient (Wildman–Crippen LogP) is 3.27. The lowest BCUT2D eigenvalue weighted by atomic mass is 10.1. The number of ether oxygens (including phenoxy) is 2. The highest BCUT2D eigenvalue weighted by molar-refractivity contribution is 6.30. The molecule has 4 heteroatoms. The van der Waals surface area contributed by atoms with Gasteiger partial charge in [0.25, 0.3) is 0 Å². The maximum absolute atomic E-state index is 6.07. The lowest BCUT2D eigenvalue weighted by Crippen LogP contribution is -2.19. The van der Waals surface area contributed by atoms with Gasteiger partial charge < -0.3 is 15.2 Å². The van der Waals surface area contributed by atoms with Gasteiger partial charge in [-0.25, -0.2) is 0 Å². The molecule has 0 radical (unpaired) electrons. The summed E-state index contributed by atoms with van der Waals surface area (Å²) in [4.78, 5) is 0. The Kier molecular flexibility index (Phi) is 5.76. The molecule has 1 atom stereocenters. The fraction of sp³-hybridized carbons (Fsp3) is 0.571. The summed E-state index contributed by atoms with van der Waals surface area (Å²) in [5.74, 6) is 1.88. The highest BCUT2D eigenvalue weighted by Crippen LogP contribution is 2.35. The molecule has 0 aromatic heterocycles. The highest BCUT2D eigenvalue weighted by atomic mass is 35.5. The fourth-order valence-corrected chi connectivity index (χ4v) is 1.92. The predicted molar refractivity (Wildman–Crippen MR) is 75.7 cm³/mol. The lowest BCUT2D eigenvalue weighted by Gasteiger charge is -2.18. The summed E-state index contributed by atoms with van der Waals surface area (Å²) in [5, 5.41) is 0.638. The molecule has 0 spiro atoms. The highest BCUT2D eigenvalue weighted by Gasteiger charge is 2.14. The van der Waals surface area contributed by atoms with Crippen molar-refractivity contribution >= 4 is 11.6 Å². The van der Waals surface area contributed by atoms with E-state index in [-0.39, 0.29) is 6.04 Å². The van der Waals surface area contributed by atoms with E-state index in [4.69, 9.17) is 26.8 Å². The largest absolute Gasteiger partial charge is 0.493 e. The Morgan fingerprint density at radius 3 is 2.44 bits per heavy atom. The van der Waals surface area contributed by atoms with Crippen LogP contribution in [0.3, 0.4) is 0 Å². The van der Waals surface area contributed by atoms with Crippen LogP contribution in [0.1, 0.15) is 26.3 Å². The normalized spacial score (nSPS) is 12.6. The molecule has 1 aromatic rings. The van der Waals surface area contributed by atoms with Crippen molar-refractivity contribution in [2.45, 2.75) is 33.2 Å². The van der Waals surface area contributed by atoms with E-state index in [0.717, 1.165) is 11.3 Å². The average Bonchev–Trinajstić information content (AvgIpc) is 2.25. The first-order valence-electron chi connectivity index (χ1n) is 6.18. The molecule has 2 N–H and O–H groups in total. The van der Waals surface area contributed by atoms with E-state index in [1.807, 2.05) is 13.0 Å². The molecule has 0 aliphatic rings. The number of methoxy groups -OCH3 is 1. The van der Waals surface area contributed by atoms with Crippen molar-refractivity contribution < 1.29 is 9.47 Å². The Morgan fingerprint density at radius 2 is 1.94 bits per heavy atom. The van der Waals surface area contributed by atoms with Gasteiger partial charge in [0.15, 0.2) is 11.5 Å². The van der Waals surface area contributed by atoms with Crippen LogP contribution in [-0.2, 0) is 6.42 Å². The monoisotopic (exact) mass is 271 g/mol. The first-order chi connectivity index (χ1) is 8.43. The molecule has 0 heterocycles. The van der Waals surface area contributed by atoms with Gasteiger partial charge in [-0.3, -0.25) is 0 Å². The number of hydrogen-bond donors (Lipinski definition) is 1. The van der Waals surface area contributed by atoms with Crippen LogP contribution in [-0.4, -0.2) is 19.8 Å². The van der Waals surface area contributed by atoms with E-state index >= 15 is 0 Å². The lowest BCUT2D eigenvalue weighted by molar-refractivity contribution is 0.254. The summed E-state index contributed by atoms with van der Waals surface area (Å²) in [6.07, 6.45) is 0.713. The summed E-state index contributed by atoms with van der Waals surface area (Å²) in [7, 11) is 1.61. The van der Waals surface area contributed by atoms with Crippen LogP contribution in [0.5, 0.6) is 11.5 Å². The standard InChI is InChI=1S/C14H22ClNO2/c1-9(2)8-18-14-11(5-10(3)16)6-12(15)7-13(14)17-4/h6-7,9-10H,5,8,16H2,1-4H3. The SMILES string of the molecule is COc1cc(Cl)cc(CC(C)N)c1OCC(C)C. The molecule has 1 aromatic carbocycles. The van der Waals surface area contributed by atoms with E-state index in [1.54, 1.807) is 13.2 Å². The van der Waals surface area contributed by atoms with Crippen LogP contribution >= 0.6 is 11.6 Å². The van der Waals surface area contributed by atoms with Gasteiger partial charge in [0.1, 0.15) is 0 Å². The molecule has 102 valence electrons. The Hall–Kier alpha value is -0.930. The second-order valence-corrected chi connectivity index (χ2v) is 5.42. The van der Waals surface area contributed by atoms with Gasteiger partial charge in [0, 0.05) is 22.7 Å². The van der Waals surface area contributed by atoms with Gasteiger partial charge in [0.2, 0.25) is 0 Å². The molecule has 0 bridgehead atoms. The third-order valence-corrected chi connectivity index (χ3v) is 2.64. The zero-order valence-corrected chi connectivity index (χ0v) is 12.3. The van der Waals surface area contributed by atoms with Crippen molar-refractivity contribution in [2.24, 2.45) is 11.7 Å². The minimum absolute atomic E-state index is 0.0505. The first-order valence-corrected chi connectivity index (χ1v) is 6.56. The molecule has 0 fully saturated rings. The minimum Gasteiger partial charge on any atom is -0.493 e. The second-order valence-electron chi connectivity index (χ2n) is 4.98. The summed E-state index contributed by atoms with van der Waals surface area (Å²) in [5.41, 5.74) is 6.85. The van der Waals surface area contributed by atoms with E-state index in [0.29, 0.717) is 29.7 Å². The molecular weight excluding hydrogens is 250 g/mol. The number of nitrogens with two attached hydrogens (primary N) is 1. The fourth-order valence-electron chi connectivity index (χ4n) is 1.69. The van der Waals surface area contributed by atoms with Crippen molar-refractivity contribution in [1.82, 2.24) is 0 Å². The van der Waals surface area contributed by atoms with Crippen LogP contribution in [0.25, 0.3) is 0 Å². The number of hydrogen-bond acceptors (Lipinski definition) is 3. The third-order valence-electron chi connectivity index (χ3n) is 2.42. The van der Waals surface area contributed by atoms with Crippen LogP contribution in [0.2, 0.25) is 5.02 Å². The van der Waals surface area contributed by atoms with Gasteiger partial charge in [-0.1, -0.05) is 25.4 Å². The zero-order valence-electron chi connectivity index (χ0n) is 11.5.